The standard InChI is InChI=1S/C14H18BrNO3/c1-10-3-2-4-11(12(10)15)13(18)16-14(9-17)5-7-19-8-6-14/h2-4,17H,5-9H2,1H3,(H,16,18). The summed E-state index contributed by atoms with van der Waals surface area (Å²) in [4.78, 5) is 12.4. The van der Waals surface area contributed by atoms with Crippen LogP contribution in [0.4, 0.5) is 0 Å². The second kappa shape index (κ2) is 6.03. The van der Waals surface area contributed by atoms with Gasteiger partial charge >= 0.3 is 0 Å². The molecule has 5 heteroatoms. The van der Waals surface area contributed by atoms with Crippen LogP contribution < -0.4 is 5.32 Å². The lowest BCUT2D eigenvalue weighted by Gasteiger charge is -2.36. The van der Waals surface area contributed by atoms with Gasteiger partial charge in [0.25, 0.3) is 5.91 Å². The Labute approximate surface area is 121 Å². The summed E-state index contributed by atoms with van der Waals surface area (Å²) in [5, 5.41) is 12.5. The number of amides is 1. The third kappa shape index (κ3) is 3.16. The van der Waals surface area contributed by atoms with Gasteiger partial charge in [0, 0.05) is 17.7 Å². The minimum atomic E-state index is -0.557. The SMILES string of the molecule is Cc1cccc(C(=O)NC2(CO)CCOCC2)c1Br. The van der Waals surface area contributed by atoms with Gasteiger partial charge in [-0.3, -0.25) is 4.79 Å². The summed E-state index contributed by atoms with van der Waals surface area (Å²) in [5.41, 5.74) is 1.05. The fourth-order valence-electron chi connectivity index (χ4n) is 2.22. The number of nitrogens with one attached hydrogen (secondary N) is 1. The van der Waals surface area contributed by atoms with E-state index < -0.39 is 5.54 Å². The molecule has 2 rings (SSSR count). The summed E-state index contributed by atoms with van der Waals surface area (Å²) >= 11 is 3.44. The number of aryl methyl sites for hydroxylation is 1. The Bertz CT molecular complexity index is 470. The van der Waals surface area contributed by atoms with Crippen LogP contribution in [-0.2, 0) is 4.74 Å². The molecular formula is C14H18BrNO3. The van der Waals surface area contributed by atoms with Crippen molar-refractivity contribution in [2.75, 3.05) is 19.8 Å². The molecule has 1 aliphatic heterocycles. The zero-order valence-electron chi connectivity index (χ0n) is 10.9. The highest BCUT2D eigenvalue weighted by Crippen LogP contribution is 2.24. The van der Waals surface area contributed by atoms with Crippen LogP contribution in [0, 0.1) is 6.92 Å². The third-order valence-corrected chi connectivity index (χ3v) is 4.62. The number of aliphatic hydroxyl groups is 1. The molecule has 1 aliphatic rings. The second-order valence-electron chi connectivity index (χ2n) is 4.94. The van der Waals surface area contributed by atoms with Gasteiger partial charge < -0.3 is 15.2 Å². The molecule has 0 bridgehead atoms. The van der Waals surface area contributed by atoms with E-state index in [2.05, 4.69) is 21.2 Å². The Hall–Kier alpha value is -0.910. The van der Waals surface area contributed by atoms with E-state index in [1.54, 1.807) is 6.07 Å². The maximum Gasteiger partial charge on any atom is 0.252 e. The van der Waals surface area contributed by atoms with E-state index in [-0.39, 0.29) is 12.5 Å². The molecule has 2 N–H and O–H groups in total. The highest BCUT2D eigenvalue weighted by Gasteiger charge is 2.34. The van der Waals surface area contributed by atoms with Gasteiger partial charge in [0.1, 0.15) is 0 Å². The Morgan fingerprint density at radius 3 is 2.79 bits per heavy atom. The molecule has 0 atom stereocenters. The first kappa shape index (κ1) is 14.5. The predicted octanol–water partition coefficient (Wildman–Crippen LogP) is 2.03. The second-order valence-corrected chi connectivity index (χ2v) is 5.73. The first-order valence-corrected chi connectivity index (χ1v) is 7.13. The lowest BCUT2D eigenvalue weighted by atomic mass is 9.90. The number of halogens is 1. The van der Waals surface area contributed by atoms with E-state index in [9.17, 15) is 9.90 Å². The maximum atomic E-state index is 12.4. The largest absolute Gasteiger partial charge is 0.394 e. The van der Waals surface area contributed by atoms with E-state index in [0.717, 1.165) is 10.0 Å². The van der Waals surface area contributed by atoms with Crippen molar-refractivity contribution in [2.24, 2.45) is 0 Å². The number of benzene rings is 1. The number of aliphatic hydroxyl groups excluding tert-OH is 1. The van der Waals surface area contributed by atoms with Crippen molar-refractivity contribution in [1.29, 1.82) is 0 Å². The number of carbonyl (C=O) groups is 1. The first-order chi connectivity index (χ1) is 9.08. The quantitative estimate of drug-likeness (QED) is 0.893. The molecule has 0 aromatic heterocycles. The van der Waals surface area contributed by atoms with Crippen molar-refractivity contribution in [3.8, 4) is 0 Å². The van der Waals surface area contributed by atoms with Gasteiger partial charge in [-0.2, -0.15) is 0 Å². The first-order valence-electron chi connectivity index (χ1n) is 6.34. The molecule has 0 saturated carbocycles. The third-order valence-electron chi connectivity index (χ3n) is 3.57. The van der Waals surface area contributed by atoms with Crippen LogP contribution in [0.3, 0.4) is 0 Å². The zero-order valence-corrected chi connectivity index (χ0v) is 12.5. The number of ether oxygens (including phenoxy) is 1. The van der Waals surface area contributed by atoms with Gasteiger partial charge in [0.2, 0.25) is 0 Å². The number of hydrogen-bond acceptors (Lipinski definition) is 3. The molecule has 0 aliphatic carbocycles. The summed E-state index contributed by atoms with van der Waals surface area (Å²) < 4.78 is 6.08. The highest BCUT2D eigenvalue weighted by molar-refractivity contribution is 9.10. The molecule has 19 heavy (non-hydrogen) atoms. The molecule has 0 unspecified atom stereocenters. The van der Waals surface area contributed by atoms with Crippen molar-refractivity contribution in [3.63, 3.8) is 0 Å². The van der Waals surface area contributed by atoms with E-state index in [4.69, 9.17) is 4.74 Å². The molecule has 1 amide bonds. The molecule has 1 aromatic rings. The monoisotopic (exact) mass is 327 g/mol. The topological polar surface area (TPSA) is 58.6 Å². The van der Waals surface area contributed by atoms with E-state index in [0.29, 0.717) is 31.6 Å². The maximum absolute atomic E-state index is 12.4. The van der Waals surface area contributed by atoms with Crippen LogP contribution in [0.2, 0.25) is 0 Å². The van der Waals surface area contributed by atoms with Gasteiger partial charge in [0.05, 0.1) is 17.7 Å². The fourth-order valence-corrected chi connectivity index (χ4v) is 2.66. The van der Waals surface area contributed by atoms with Crippen molar-refractivity contribution >= 4 is 21.8 Å². The average molecular weight is 328 g/mol. The number of carbonyl (C=O) groups excluding carboxylic acids is 1. The smallest absolute Gasteiger partial charge is 0.252 e. The Kier molecular flexibility index (Phi) is 4.60. The lowest BCUT2D eigenvalue weighted by molar-refractivity contribution is 0.0125. The molecule has 1 heterocycles. The van der Waals surface area contributed by atoms with Crippen LogP contribution >= 0.6 is 15.9 Å². The number of rotatable bonds is 3. The Morgan fingerprint density at radius 1 is 1.47 bits per heavy atom. The van der Waals surface area contributed by atoms with Crippen molar-refractivity contribution in [2.45, 2.75) is 25.3 Å². The molecule has 0 radical (unpaired) electrons. The van der Waals surface area contributed by atoms with Crippen molar-refractivity contribution in [1.82, 2.24) is 5.32 Å². The minimum Gasteiger partial charge on any atom is -0.394 e. The fraction of sp³-hybridized carbons (Fsp3) is 0.500. The van der Waals surface area contributed by atoms with Gasteiger partial charge in [-0.05, 0) is 47.3 Å². The normalized spacial score (nSPS) is 18.1. The molecule has 0 spiro atoms. The van der Waals surface area contributed by atoms with Crippen LogP contribution in [0.25, 0.3) is 0 Å². The van der Waals surface area contributed by atoms with Gasteiger partial charge in [-0.1, -0.05) is 12.1 Å². The molecule has 1 fully saturated rings. The molecule has 1 saturated heterocycles. The molecule has 104 valence electrons. The summed E-state index contributed by atoms with van der Waals surface area (Å²) in [6, 6.07) is 5.57. The molecular weight excluding hydrogens is 310 g/mol. The van der Waals surface area contributed by atoms with Gasteiger partial charge in [-0.25, -0.2) is 0 Å². The summed E-state index contributed by atoms with van der Waals surface area (Å²) in [7, 11) is 0. The lowest BCUT2D eigenvalue weighted by Crippen LogP contribution is -2.54. The van der Waals surface area contributed by atoms with Gasteiger partial charge in [0.15, 0.2) is 0 Å². The molecule has 1 aromatic carbocycles. The molecule has 4 nitrogen and oxygen atoms in total. The van der Waals surface area contributed by atoms with E-state index in [1.165, 1.54) is 0 Å². The van der Waals surface area contributed by atoms with Crippen LogP contribution in [0.15, 0.2) is 22.7 Å². The van der Waals surface area contributed by atoms with E-state index >= 15 is 0 Å². The minimum absolute atomic E-state index is 0.0640. The van der Waals surface area contributed by atoms with Crippen LogP contribution in [0.5, 0.6) is 0 Å². The number of hydrogen-bond donors (Lipinski definition) is 2. The van der Waals surface area contributed by atoms with Crippen LogP contribution in [-0.4, -0.2) is 36.4 Å². The Balaban J connectivity index is 2.17. The van der Waals surface area contributed by atoms with Crippen molar-refractivity contribution < 1.29 is 14.6 Å². The average Bonchev–Trinajstić information content (AvgIpc) is 2.42. The highest BCUT2D eigenvalue weighted by atomic mass is 79.9. The Morgan fingerprint density at radius 2 is 2.16 bits per heavy atom. The van der Waals surface area contributed by atoms with E-state index in [1.807, 2.05) is 19.1 Å². The van der Waals surface area contributed by atoms with Crippen molar-refractivity contribution in [3.05, 3.63) is 33.8 Å². The van der Waals surface area contributed by atoms with Gasteiger partial charge in [-0.15, -0.1) is 0 Å². The summed E-state index contributed by atoms with van der Waals surface area (Å²) in [6.07, 6.45) is 1.28. The summed E-state index contributed by atoms with van der Waals surface area (Å²) in [6.45, 7) is 3.01. The summed E-state index contributed by atoms with van der Waals surface area (Å²) in [5.74, 6) is -0.161. The van der Waals surface area contributed by atoms with Crippen LogP contribution in [0.1, 0.15) is 28.8 Å². The zero-order chi connectivity index (χ0) is 13.9. The predicted molar refractivity (Wildman–Crippen MR) is 76.2 cm³/mol.